The number of rotatable bonds is 8. The first-order valence-corrected chi connectivity index (χ1v) is 7.97. The van der Waals surface area contributed by atoms with E-state index in [1.54, 1.807) is 0 Å². The topological polar surface area (TPSA) is 26.3 Å². The molecule has 0 aliphatic heterocycles. The van der Waals surface area contributed by atoms with E-state index in [2.05, 4.69) is 13.8 Å². The number of hydrogen-bond donors (Lipinski definition) is 0. The Kier molecular flexibility index (Phi) is 8.11. The molecule has 106 valence electrons. The van der Waals surface area contributed by atoms with Crippen molar-refractivity contribution < 1.29 is 9.53 Å². The number of unbranched alkanes of at least 4 members (excludes halogenated alkanes) is 4. The Morgan fingerprint density at radius 3 is 2.50 bits per heavy atom. The number of carbonyl (C=O) groups is 1. The first-order chi connectivity index (χ1) is 8.77. The lowest BCUT2D eigenvalue weighted by Gasteiger charge is -2.30. The fraction of sp³-hybridized carbons (Fsp3) is 0.938. The van der Waals surface area contributed by atoms with Crippen molar-refractivity contribution in [1.29, 1.82) is 0 Å². The number of esters is 1. The van der Waals surface area contributed by atoms with E-state index in [1.165, 1.54) is 44.9 Å². The van der Waals surface area contributed by atoms with Crippen molar-refractivity contribution in [1.82, 2.24) is 0 Å². The average molecular weight is 254 g/mol. The van der Waals surface area contributed by atoms with Crippen LogP contribution in [0.25, 0.3) is 0 Å². The Hall–Kier alpha value is -0.530. The van der Waals surface area contributed by atoms with Gasteiger partial charge in [0.1, 0.15) is 6.10 Å². The lowest BCUT2D eigenvalue weighted by Crippen LogP contribution is -2.29. The van der Waals surface area contributed by atoms with Gasteiger partial charge in [-0.2, -0.15) is 0 Å². The first-order valence-electron chi connectivity index (χ1n) is 7.97. The van der Waals surface area contributed by atoms with Crippen LogP contribution in [-0.2, 0) is 9.53 Å². The fourth-order valence-corrected chi connectivity index (χ4v) is 2.90. The zero-order valence-electron chi connectivity index (χ0n) is 12.2. The van der Waals surface area contributed by atoms with Crippen LogP contribution in [0.5, 0.6) is 0 Å². The van der Waals surface area contributed by atoms with Gasteiger partial charge in [-0.3, -0.25) is 4.79 Å². The predicted octanol–water partition coefficient (Wildman–Crippen LogP) is 4.86. The van der Waals surface area contributed by atoms with Gasteiger partial charge in [0.05, 0.1) is 0 Å². The molecule has 0 bridgehead atoms. The van der Waals surface area contributed by atoms with Crippen molar-refractivity contribution in [2.24, 2.45) is 5.92 Å². The third-order valence-corrected chi connectivity index (χ3v) is 4.13. The summed E-state index contributed by atoms with van der Waals surface area (Å²) >= 11 is 0. The molecule has 1 aliphatic carbocycles. The normalized spacial score (nSPS) is 23.9. The summed E-state index contributed by atoms with van der Waals surface area (Å²) in [5.41, 5.74) is 0. The molecule has 0 aromatic carbocycles. The van der Waals surface area contributed by atoms with Gasteiger partial charge in [0.15, 0.2) is 0 Å². The van der Waals surface area contributed by atoms with Crippen LogP contribution < -0.4 is 0 Å². The average Bonchev–Trinajstić information content (AvgIpc) is 2.39. The molecule has 0 aromatic heterocycles. The van der Waals surface area contributed by atoms with Crippen molar-refractivity contribution in [3.8, 4) is 0 Å². The summed E-state index contributed by atoms with van der Waals surface area (Å²) in [6.07, 6.45) is 12.8. The lowest BCUT2D eigenvalue weighted by atomic mass is 9.85. The number of ether oxygens (including phenoxy) is 1. The SMILES string of the molecule is CCCCCCCC(=O)OC1CCCCC1CC. The van der Waals surface area contributed by atoms with Gasteiger partial charge in [0.25, 0.3) is 0 Å². The van der Waals surface area contributed by atoms with Crippen LogP contribution in [-0.4, -0.2) is 12.1 Å². The summed E-state index contributed by atoms with van der Waals surface area (Å²) in [7, 11) is 0. The molecule has 2 atom stereocenters. The van der Waals surface area contributed by atoms with E-state index in [-0.39, 0.29) is 12.1 Å². The molecule has 0 heterocycles. The lowest BCUT2D eigenvalue weighted by molar-refractivity contribution is -0.153. The van der Waals surface area contributed by atoms with E-state index in [0.717, 1.165) is 19.3 Å². The Morgan fingerprint density at radius 1 is 1.06 bits per heavy atom. The Labute approximate surface area is 112 Å². The van der Waals surface area contributed by atoms with Crippen LogP contribution in [0.1, 0.15) is 84.5 Å². The zero-order valence-corrected chi connectivity index (χ0v) is 12.2. The van der Waals surface area contributed by atoms with E-state index >= 15 is 0 Å². The van der Waals surface area contributed by atoms with Gasteiger partial charge in [-0.05, 0) is 38.0 Å². The molecule has 0 aromatic rings. The van der Waals surface area contributed by atoms with Crippen molar-refractivity contribution in [3.05, 3.63) is 0 Å². The molecule has 1 saturated carbocycles. The van der Waals surface area contributed by atoms with Crippen LogP contribution in [0.3, 0.4) is 0 Å². The molecule has 1 rings (SSSR count). The summed E-state index contributed by atoms with van der Waals surface area (Å²) in [6.45, 7) is 4.42. The van der Waals surface area contributed by atoms with Gasteiger partial charge >= 0.3 is 5.97 Å². The highest BCUT2D eigenvalue weighted by Crippen LogP contribution is 2.29. The third-order valence-electron chi connectivity index (χ3n) is 4.13. The minimum absolute atomic E-state index is 0.0387. The quantitative estimate of drug-likeness (QED) is 0.457. The monoisotopic (exact) mass is 254 g/mol. The van der Waals surface area contributed by atoms with Crippen LogP contribution in [0.2, 0.25) is 0 Å². The molecule has 2 nitrogen and oxygen atoms in total. The summed E-state index contributed by atoms with van der Waals surface area (Å²) in [6, 6.07) is 0. The number of carbonyl (C=O) groups excluding carboxylic acids is 1. The molecule has 18 heavy (non-hydrogen) atoms. The Morgan fingerprint density at radius 2 is 1.78 bits per heavy atom. The standard InChI is InChI=1S/C16H30O2/c1-3-5-6-7-8-13-16(17)18-15-12-10-9-11-14(15)4-2/h14-15H,3-13H2,1-2H3. The van der Waals surface area contributed by atoms with Crippen LogP contribution in [0, 0.1) is 5.92 Å². The maximum absolute atomic E-state index is 11.8. The molecule has 0 N–H and O–H groups in total. The maximum atomic E-state index is 11.8. The third kappa shape index (κ3) is 5.88. The van der Waals surface area contributed by atoms with Gasteiger partial charge < -0.3 is 4.74 Å². The van der Waals surface area contributed by atoms with E-state index < -0.39 is 0 Å². The van der Waals surface area contributed by atoms with Crippen molar-refractivity contribution in [2.45, 2.75) is 90.6 Å². The highest BCUT2D eigenvalue weighted by atomic mass is 16.5. The van der Waals surface area contributed by atoms with E-state index in [9.17, 15) is 4.79 Å². The zero-order chi connectivity index (χ0) is 13.2. The molecule has 1 fully saturated rings. The second-order valence-electron chi connectivity index (χ2n) is 5.65. The van der Waals surface area contributed by atoms with Gasteiger partial charge in [0, 0.05) is 6.42 Å². The van der Waals surface area contributed by atoms with Gasteiger partial charge in [0.2, 0.25) is 0 Å². The van der Waals surface area contributed by atoms with Crippen molar-refractivity contribution in [3.63, 3.8) is 0 Å². The molecule has 0 saturated heterocycles. The fourth-order valence-electron chi connectivity index (χ4n) is 2.90. The molecule has 0 spiro atoms. The molecular weight excluding hydrogens is 224 g/mol. The van der Waals surface area contributed by atoms with E-state index in [0.29, 0.717) is 12.3 Å². The van der Waals surface area contributed by atoms with Gasteiger partial charge in [-0.15, -0.1) is 0 Å². The van der Waals surface area contributed by atoms with Gasteiger partial charge in [-0.1, -0.05) is 46.0 Å². The Balaban J connectivity index is 2.14. The summed E-state index contributed by atoms with van der Waals surface area (Å²) in [5.74, 6) is 0.652. The molecule has 2 heteroatoms. The predicted molar refractivity (Wildman–Crippen MR) is 75.5 cm³/mol. The van der Waals surface area contributed by atoms with Crippen molar-refractivity contribution >= 4 is 5.97 Å². The minimum Gasteiger partial charge on any atom is -0.462 e. The largest absolute Gasteiger partial charge is 0.462 e. The van der Waals surface area contributed by atoms with Crippen LogP contribution >= 0.6 is 0 Å². The summed E-state index contributed by atoms with van der Waals surface area (Å²) in [5, 5.41) is 0. The summed E-state index contributed by atoms with van der Waals surface area (Å²) in [4.78, 5) is 11.8. The van der Waals surface area contributed by atoms with E-state index in [4.69, 9.17) is 4.74 Å². The second kappa shape index (κ2) is 9.41. The molecule has 0 radical (unpaired) electrons. The van der Waals surface area contributed by atoms with Crippen LogP contribution in [0.4, 0.5) is 0 Å². The molecule has 1 aliphatic rings. The smallest absolute Gasteiger partial charge is 0.306 e. The molecular formula is C16H30O2. The number of hydrogen-bond acceptors (Lipinski definition) is 2. The van der Waals surface area contributed by atoms with E-state index in [1.807, 2.05) is 0 Å². The highest BCUT2D eigenvalue weighted by Gasteiger charge is 2.26. The summed E-state index contributed by atoms with van der Waals surface area (Å²) < 4.78 is 5.66. The molecule has 0 amide bonds. The second-order valence-corrected chi connectivity index (χ2v) is 5.65. The van der Waals surface area contributed by atoms with Gasteiger partial charge in [-0.25, -0.2) is 0 Å². The highest BCUT2D eigenvalue weighted by molar-refractivity contribution is 5.69. The maximum Gasteiger partial charge on any atom is 0.306 e. The first kappa shape index (κ1) is 15.5. The van der Waals surface area contributed by atoms with Crippen molar-refractivity contribution in [2.75, 3.05) is 0 Å². The minimum atomic E-state index is 0.0387. The molecule has 2 unspecified atom stereocenters. The van der Waals surface area contributed by atoms with Crippen LogP contribution in [0.15, 0.2) is 0 Å². The Bertz CT molecular complexity index is 225.